The first-order chi connectivity index (χ1) is 12.3. The second kappa shape index (κ2) is 8.54. The molecule has 0 saturated carbocycles. The number of rotatable bonds is 5. The van der Waals surface area contributed by atoms with E-state index in [1.54, 1.807) is 12.1 Å². The summed E-state index contributed by atoms with van der Waals surface area (Å²) in [6.07, 6.45) is 0. The van der Waals surface area contributed by atoms with Crippen LogP contribution in [0.4, 0.5) is 5.69 Å². The number of nitro groups is 1. The second-order valence-electron chi connectivity index (χ2n) is 5.05. The summed E-state index contributed by atoms with van der Waals surface area (Å²) >= 11 is 4.46. The first-order valence-corrected chi connectivity index (χ1v) is 8.79. The lowest BCUT2D eigenvalue weighted by atomic mass is 10.2. The number of hydrazine groups is 1. The van der Waals surface area contributed by atoms with Gasteiger partial charge in [0.2, 0.25) is 0 Å². The van der Waals surface area contributed by atoms with Gasteiger partial charge in [0.05, 0.1) is 13.6 Å². The number of carbonyl (C=O) groups excluding carboxylic acids is 3. The van der Waals surface area contributed by atoms with E-state index in [4.69, 9.17) is 0 Å². The molecular weight excluding hydrogens is 428 g/mol. The number of carbonyl (C=O) groups is 3. The quantitative estimate of drug-likeness (QED) is 0.483. The van der Waals surface area contributed by atoms with E-state index < -0.39 is 28.7 Å². The van der Waals surface area contributed by atoms with Crippen molar-refractivity contribution in [2.45, 2.75) is 13.0 Å². The standard InChI is InChI=1S/C15H13BrN4O5S/c1-8(17-15(23)11-5-6-12(16)26-11)13(21)18-19-14(22)9-3-2-4-10(7-9)20(24)25/h2-8H,1H3,(H,17,23)(H,18,21)(H,19,22). The maximum absolute atomic E-state index is 12.0. The molecule has 136 valence electrons. The zero-order valence-electron chi connectivity index (χ0n) is 13.3. The van der Waals surface area contributed by atoms with Crippen LogP contribution in [-0.2, 0) is 4.79 Å². The first-order valence-electron chi connectivity index (χ1n) is 7.19. The predicted molar refractivity (Wildman–Crippen MR) is 97.7 cm³/mol. The maximum Gasteiger partial charge on any atom is 0.270 e. The summed E-state index contributed by atoms with van der Waals surface area (Å²) in [5.41, 5.74) is 4.08. The minimum absolute atomic E-state index is 0.0135. The van der Waals surface area contributed by atoms with Crippen molar-refractivity contribution in [1.82, 2.24) is 16.2 Å². The Balaban J connectivity index is 1.89. The third kappa shape index (κ3) is 5.10. The number of thiophene rings is 1. The molecule has 0 aliphatic carbocycles. The van der Waals surface area contributed by atoms with E-state index in [1.807, 2.05) is 0 Å². The van der Waals surface area contributed by atoms with E-state index in [1.165, 1.54) is 36.5 Å². The molecule has 0 saturated heterocycles. The highest BCUT2D eigenvalue weighted by Gasteiger charge is 2.19. The van der Waals surface area contributed by atoms with Crippen LogP contribution in [0.15, 0.2) is 40.2 Å². The zero-order valence-corrected chi connectivity index (χ0v) is 15.7. The van der Waals surface area contributed by atoms with Gasteiger partial charge >= 0.3 is 0 Å². The fourth-order valence-electron chi connectivity index (χ4n) is 1.83. The third-order valence-corrected chi connectivity index (χ3v) is 4.78. The van der Waals surface area contributed by atoms with Gasteiger partial charge in [-0.15, -0.1) is 11.3 Å². The van der Waals surface area contributed by atoms with E-state index in [-0.39, 0.29) is 11.3 Å². The molecule has 26 heavy (non-hydrogen) atoms. The van der Waals surface area contributed by atoms with Crippen LogP contribution in [0.1, 0.15) is 27.0 Å². The van der Waals surface area contributed by atoms with Crippen molar-refractivity contribution >= 4 is 50.7 Å². The molecule has 0 fully saturated rings. The lowest BCUT2D eigenvalue weighted by molar-refractivity contribution is -0.384. The van der Waals surface area contributed by atoms with Gasteiger partial charge in [0, 0.05) is 17.7 Å². The largest absolute Gasteiger partial charge is 0.340 e. The zero-order chi connectivity index (χ0) is 19.3. The van der Waals surface area contributed by atoms with Crippen LogP contribution in [0.3, 0.4) is 0 Å². The molecule has 11 heteroatoms. The average molecular weight is 441 g/mol. The monoisotopic (exact) mass is 440 g/mol. The highest BCUT2D eigenvalue weighted by molar-refractivity contribution is 9.11. The van der Waals surface area contributed by atoms with Gasteiger partial charge in [0.1, 0.15) is 6.04 Å². The Morgan fingerprint density at radius 2 is 1.88 bits per heavy atom. The van der Waals surface area contributed by atoms with Crippen LogP contribution >= 0.6 is 27.3 Å². The van der Waals surface area contributed by atoms with E-state index in [2.05, 4.69) is 32.1 Å². The first kappa shape index (κ1) is 19.5. The summed E-state index contributed by atoms with van der Waals surface area (Å²) in [7, 11) is 0. The molecule has 0 aliphatic heterocycles. The van der Waals surface area contributed by atoms with Gasteiger partial charge in [-0.3, -0.25) is 35.3 Å². The maximum atomic E-state index is 12.0. The van der Waals surface area contributed by atoms with E-state index in [0.717, 1.165) is 9.85 Å². The summed E-state index contributed by atoms with van der Waals surface area (Å²) in [5.74, 6) is -1.79. The fourth-order valence-corrected chi connectivity index (χ4v) is 3.12. The normalized spacial score (nSPS) is 11.3. The van der Waals surface area contributed by atoms with Crippen LogP contribution in [0.5, 0.6) is 0 Å². The van der Waals surface area contributed by atoms with Gasteiger partial charge in [-0.1, -0.05) is 6.07 Å². The molecule has 0 spiro atoms. The molecule has 0 radical (unpaired) electrons. The molecule has 9 nitrogen and oxygen atoms in total. The van der Waals surface area contributed by atoms with Crippen LogP contribution in [0.25, 0.3) is 0 Å². The summed E-state index contributed by atoms with van der Waals surface area (Å²) < 4.78 is 0.781. The lowest BCUT2D eigenvalue weighted by Gasteiger charge is -2.14. The lowest BCUT2D eigenvalue weighted by Crippen LogP contribution is -2.51. The summed E-state index contributed by atoms with van der Waals surface area (Å²) in [6.45, 7) is 1.45. The van der Waals surface area contributed by atoms with Gasteiger partial charge in [0.25, 0.3) is 23.4 Å². The van der Waals surface area contributed by atoms with Crippen LogP contribution in [-0.4, -0.2) is 28.7 Å². The van der Waals surface area contributed by atoms with Crippen molar-refractivity contribution in [1.29, 1.82) is 0 Å². The molecular formula is C15H13BrN4O5S. The van der Waals surface area contributed by atoms with E-state index in [0.29, 0.717) is 4.88 Å². The summed E-state index contributed by atoms with van der Waals surface area (Å²) in [5, 5.41) is 13.2. The number of hydrogen-bond acceptors (Lipinski definition) is 6. The molecule has 1 aromatic heterocycles. The molecule has 1 heterocycles. The number of benzene rings is 1. The Bertz CT molecular complexity index is 869. The highest BCUT2D eigenvalue weighted by Crippen LogP contribution is 2.21. The van der Waals surface area contributed by atoms with E-state index in [9.17, 15) is 24.5 Å². The van der Waals surface area contributed by atoms with Crippen molar-refractivity contribution in [2.24, 2.45) is 0 Å². The third-order valence-electron chi connectivity index (χ3n) is 3.16. The van der Waals surface area contributed by atoms with Crippen molar-refractivity contribution in [2.75, 3.05) is 0 Å². The fraction of sp³-hybridized carbons (Fsp3) is 0.133. The Kier molecular flexibility index (Phi) is 6.41. The number of nitrogens with one attached hydrogen (secondary N) is 3. The van der Waals surface area contributed by atoms with Crippen molar-refractivity contribution in [3.8, 4) is 0 Å². The van der Waals surface area contributed by atoms with Gasteiger partial charge < -0.3 is 5.32 Å². The van der Waals surface area contributed by atoms with Crippen molar-refractivity contribution < 1.29 is 19.3 Å². The molecule has 3 amide bonds. The minimum Gasteiger partial charge on any atom is -0.340 e. The van der Waals surface area contributed by atoms with Crippen LogP contribution in [0, 0.1) is 10.1 Å². The molecule has 3 N–H and O–H groups in total. The molecule has 0 bridgehead atoms. The van der Waals surface area contributed by atoms with Gasteiger partial charge in [-0.25, -0.2) is 0 Å². The number of nitrogens with zero attached hydrogens (tertiary/aromatic N) is 1. The average Bonchev–Trinajstić information content (AvgIpc) is 3.05. The highest BCUT2D eigenvalue weighted by atomic mass is 79.9. The van der Waals surface area contributed by atoms with Gasteiger partial charge in [-0.05, 0) is 41.1 Å². The molecule has 0 aliphatic rings. The molecule has 2 rings (SSSR count). The van der Waals surface area contributed by atoms with Crippen molar-refractivity contribution in [3.63, 3.8) is 0 Å². The predicted octanol–water partition coefficient (Wildman–Crippen LogP) is 2.00. The Morgan fingerprint density at radius 1 is 1.15 bits per heavy atom. The summed E-state index contributed by atoms with van der Waals surface area (Å²) in [4.78, 5) is 46.4. The minimum atomic E-state index is -0.909. The topological polar surface area (TPSA) is 130 Å². The van der Waals surface area contributed by atoms with Gasteiger partial charge in [-0.2, -0.15) is 0 Å². The van der Waals surface area contributed by atoms with Crippen molar-refractivity contribution in [3.05, 3.63) is 60.7 Å². The molecule has 2 aromatic rings. The Labute approximate surface area is 160 Å². The Morgan fingerprint density at radius 3 is 2.50 bits per heavy atom. The number of halogens is 1. The number of hydrogen-bond donors (Lipinski definition) is 3. The van der Waals surface area contributed by atoms with Gasteiger partial charge in [0.15, 0.2) is 0 Å². The number of amides is 3. The smallest absolute Gasteiger partial charge is 0.270 e. The second-order valence-corrected chi connectivity index (χ2v) is 7.51. The number of nitro benzene ring substituents is 1. The molecule has 1 unspecified atom stereocenters. The van der Waals surface area contributed by atoms with Crippen LogP contribution < -0.4 is 16.2 Å². The molecule has 1 aromatic carbocycles. The Hall–Kier alpha value is -2.79. The van der Waals surface area contributed by atoms with Crippen LogP contribution in [0.2, 0.25) is 0 Å². The number of non-ortho nitro benzene ring substituents is 1. The summed E-state index contributed by atoms with van der Waals surface area (Å²) in [6, 6.07) is 7.47. The SMILES string of the molecule is CC(NC(=O)c1ccc(Br)s1)C(=O)NNC(=O)c1cccc([N+](=O)[O-])c1. The van der Waals surface area contributed by atoms with E-state index >= 15 is 0 Å². The molecule has 1 atom stereocenters.